The second kappa shape index (κ2) is 43.4. The molecule has 56 heavy (non-hydrogen) atoms. The lowest BCUT2D eigenvalue weighted by atomic mass is 10.0. The van der Waals surface area contributed by atoms with Crippen molar-refractivity contribution in [1.82, 2.24) is 5.32 Å². The molecular formula is C49H95NO5S. The molecule has 0 aliphatic rings. The predicted molar refractivity (Wildman–Crippen MR) is 244 cm³/mol. The predicted octanol–water partition coefficient (Wildman–Crippen LogP) is 15.1. The van der Waals surface area contributed by atoms with Crippen LogP contribution in [-0.4, -0.2) is 41.9 Å². The number of hydrogen-bond acceptors (Lipinski definition) is 4. The molecule has 0 aromatic rings. The number of unbranched alkanes of at least 4 members (excludes halogenated alkanes) is 35. The molecule has 1 amide bonds. The van der Waals surface area contributed by atoms with Crippen molar-refractivity contribution in [2.75, 3.05) is 5.75 Å². The molecule has 0 bridgehead atoms. The minimum absolute atomic E-state index is 0.282. The summed E-state index contributed by atoms with van der Waals surface area (Å²) >= 11 is 0. The third-order valence-corrected chi connectivity index (χ3v) is 12.2. The highest BCUT2D eigenvalue weighted by Crippen LogP contribution is 2.17. The number of rotatable bonds is 45. The third kappa shape index (κ3) is 43.9. The molecule has 3 N–H and O–H groups in total. The fraction of sp³-hybridized carbons (Fsp3) is 0.898. The summed E-state index contributed by atoms with van der Waals surface area (Å²) in [5.74, 6) is -0.988. The number of nitrogens with one attached hydrogen (secondary N) is 1. The second-order valence-corrected chi connectivity index (χ2v) is 18.6. The van der Waals surface area contributed by atoms with Gasteiger partial charge in [0.2, 0.25) is 5.91 Å². The lowest BCUT2D eigenvalue weighted by Gasteiger charge is -2.21. The van der Waals surface area contributed by atoms with Crippen LogP contribution in [0.3, 0.4) is 0 Å². The Hall–Kier alpha value is -1.18. The Kier molecular flexibility index (Phi) is 42.5. The van der Waals surface area contributed by atoms with E-state index >= 15 is 0 Å². The first-order valence-electron chi connectivity index (χ1n) is 24.5. The van der Waals surface area contributed by atoms with E-state index in [-0.39, 0.29) is 5.91 Å². The van der Waals surface area contributed by atoms with E-state index < -0.39 is 28.0 Å². The van der Waals surface area contributed by atoms with Crippen molar-refractivity contribution in [3.8, 4) is 0 Å². The van der Waals surface area contributed by atoms with Crippen molar-refractivity contribution in [1.29, 1.82) is 0 Å². The van der Waals surface area contributed by atoms with Crippen molar-refractivity contribution in [2.45, 2.75) is 276 Å². The summed E-state index contributed by atoms with van der Waals surface area (Å²) in [7, 11) is -4.35. The maximum Gasteiger partial charge on any atom is 0.267 e. The van der Waals surface area contributed by atoms with Gasteiger partial charge in [-0.05, 0) is 32.1 Å². The number of carbonyl (C=O) groups is 1. The van der Waals surface area contributed by atoms with Crippen LogP contribution < -0.4 is 5.32 Å². The Morgan fingerprint density at radius 2 is 0.768 bits per heavy atom. The van der Waals surface area contributed by atoms with E-state index in [1.165, 1.54) is 212 Å². The first kappa shape index (κ1) is 54.8. The molecule has 2 atom stereocenters. The van der Waals surface area contributed by atoms with E-state index in [0.717, 1.165) is 38.5 Å². The second-order valence-electron chi connectivity index (χ2n) is 17.1. The van der Waals surface area contributed by atoms with Crippen LogP contribution in [0.2, 0.25) is 0 Å². The molecule has 0 saturated heterocycles. The molecule has 7 heteroatoms. The van der Waals surface area contributed by atoms with Crippen LogP contribution in [-0.2, 0) is 14.9 Å². The quantitative estimate of drug-likeness (QED) is 0.0323. The normalized spacial score (nSPS) is 13.3. The molecule has 2 unspecified atom stereocenters. The number of allylic oxidation sites excluding steroid dienone is 3. The molecule has 0 aliphatic carbocycles. The molecular weight excluding hydrogens is 715 g/mol. The number of amides is 1. The Labute approximate surface area is 349 Å². The standard InChI is InChI=1S/C49H95NO5S/c1-3-5-7-9-11-13-15-17-19-21-23-24-25-27-29-31-33-35-37-39-41-43-45-49(52)50-47(46-56(53,54)55)48(51)44-42-40-38-36-34-32-30-28-26-22-20-18-16-14-12-10-8-6-4-2/h34,36,42,44,47-48,51H,3-33,35,37-41,43,45-46H2,1-2H3,(H,50,52)(H,53,54,55)/b36-34+,44-42+. The van der Waals surface area contributed by atoms with Gasteiger partial charge in [-0.25, -0.2) is 0 Å². The van der Waals surface area contributed by atoms with Gasteiger partial charge in [0.1, 0.15) is 0 Å². The highest BCUT2D eigenvalue weighted by atomic mass is 32.2. The third-order valence-electron chi connectivity index (χ3n) is 11.4. The summed E-state index contributed by atoms with van der Waals surface area (Å²) in [6.07, 6.45) is 56.1. The van der Waals surface area contributed by atoms with Crippen molar-refractivity contribution in [2.24, 2.45) is 0 Å². The molecule has 0 spiro atoms. The van der Waals surface area contributed by atoms with Gasteiger partial charge in [-0.2, -0.15) is 8.42 Å². The average molecular weight is 810 g/mol. The van der Waals surface area contributed by atoms with Crippen LogP contribution in [0.5, 0.6) is 0 Å². The van der Waals surface area contributed by atoms with Gasteiger partial charge in [0.15, 0.2) is 0 Å². The van der Waals surface area contributed by atoms with Crippen LogP contribution >= 0.6 is 0 Å². The SMILES string of the molecule is CCCCCCCCCCCCCCC/C=C/CC/C=C/C(O)C(CS(=O)(=O)O)NC(=O)CCCCCCCCCCCCCCCCCCCCCCCC. The molecule has 0 heterocycles. The number of aliphatic hydroxyl groups excluding tert-OH is 1. The Morgan fingerprint density at radius 1 is 0.464 bits per heavy atom. The zero-order valence-corrected chi connectivity index (χ0v) is 38.1. The van der Waals surface area contributed by atoms with Crippen LogP contribution in [0.25, 0.3) is 0 Å². The summed E-state index contributed by atoms with van der Waals surface area (Å²) in [6, 6.07) is -1.07. The number of hydrogen-bond donors (Lipinski definition) is 3. The molecule has 0 aromatic heterocycles. The minimum Gasteiger partial charge on any atom is -0.387 e. The highest BCUT2D eigenvalue weighted by molar-refractivity contribution is 7.85. The lowest BCUT2D eigenvalue weighted by Crippen LogP contribution is -2.46. The van der Waals surface area contributed by atoms with Gasteiger partial charge < -0.3 is 10.4 Å². The maximum atomic E-state index is 12.6. The van der Waals surface area contributed by atoms with E-state index in [2.05, 4.69) is 31.3 Å². The van der Waals surface area contributed by atoms with Gasteiger partial charge in [0.25, 0.3) is 10.1 Å². The van der Waals surface area contributed by atoms with E-state index in [0.29, 0.717) is 6.42 Å². The Morgan fingerprint density at radius 3 is 1.12 bits per heavy atom. The van der Waals surface area contributed by atoms with Crippen molar-refractivity contribution < 1.29 is 22.9 Å². The van der Waals surface area contributed by atoms with E-state index in [1.807, 2.05) is 6.08 Å². The first-order valence-corrected chi connectivity index (χ1v) is 26.1. The van der Waals surface area contributed by atoms with Crippen LogP contribution in [0.1, 0.15) is 264 Å². The average Bonchev–Trinajstić information content (AvgIpc) is 3.16. The van der Waals surface area contributed by atoms with Crippen molar-refractivity contribution in [3.63, 3.8) is 0 Å². The first-order chi connectivity index (χ1) is 27.3. The summed E-state index contributed by atoms with van der Waals surface area (Å²) in [4.78, 5) is 12.6. The lowest BCUT2D eigenvalue weighted by molar-refractivity contribution is -0.122. The summed E-state index contributed by atoms with van der Waals surface area (Å²) < 4.78 is 32.6. The van der Waals surface area contributed by atoms with Crippen molar-refractivity contribution >= 4 is 16.0 Å². The van der Waals surface area contributed by atoms with E-state index in [9.17, 15) is 22.9 Å². The smallest absolute Gasteiger partial charge is 0.267 e. The molecule has 0 aromatic carbocycles. The molecule has 0 aliphatic heterocycles. The van der Waals surface area contributed by atoms with Crippen molar-refractivity contribution in [3.05, 3.63) is 24.3 Å². The largest absolute Gasteiger partial charge is 0.387 e. The number of carbonyl (C=O) groups excluding carboxylic acids is 1. The molecule has 0 radical (unpaired) electrons. The van der Waals surface area contributed by atoms with Crippen LogP contribution in [0.4, 0.5) is 0 Å². The zero-order valence-electron chi connectivity index (χ0n) is 37.3. The van der Waals surface area contributed by atoms with E-state index in [4.69, 9.17) is 0 Å². The number of aliphatic hydroxyl groups is 1. The fourth-order valence-electron chi connectivity index (χ4n) is 7.70. The Balaban J connectivity index is 3.82. The van der Waals surface area contributed by atoms with Gasteiger partial charge in [-0.3, -0.25) is 9.35 Å². The fourth-order valence-corrected chi connectivity index (χ4v) is 8.44. The van der Waals surface area contributed by atoms with Crippen LogP contribution in [0, 0.1) is 0 Å². The highest BCUT2D eigenvalue weighted by Gasteiger charge is 2.24. The van der Waals surface area contributed by atoms with Gasteiger partial charge in [-0.15, -0.1) is 0 Å². The Bertz CT molecular complexity index is 981. The summed E-state index contributed by atoms with van der Waals surface area (Å²) in [6.45, 7) is 4.55. The molecule has 332 valence electrons. The van der Waals surface area contributed by atoms with Gasteiger partial charge in [0, 0.05) is 6.42 Å². The zero-order chi connectivity index (χ0) is 41.1. The monoisotopic (exact) mass is 810 g/mol. The minimum atomic E-state index is -4.35. The topological polar surface area (TPSA) is 104 Å². The maximum absolute atomic E-state index is 12.6. The molecule has 0 rings (SSSR count). The molecule has 6 nitrogen and oxygen atoms in total. The van der Waals surface area contributed by atoms with Gasteiger partial charge in [0.05, 0.1) is 17.9 Å². The van der Waals surface area contributed by atoms with Crippen LogP contribution in [0.15, 0.2) is 24.3 Å². The summed E-state index contributed by atoms with van der Waals surface area (Å²) in [5, 5.41) is 13.3. The summed E-state index contributed by atoms with van der Waals surface area (Å²) in [5.41, 5.74) is 0. The molecule has 0 fully saturated rings. The van der Waals surface area contributed by atoms with Gasteiger partial charge >= 0.3 is 0 Å². The molecule has 0 saturated carbocycles. The van der Waals surface area contributed by atoms with E-state index in [1.54, 1.807) is 0 Å². The van der Waals surface area contributed by atoms with Gasteiger partial charge in [-0.1, -0.05) is 250 Å².